The van der Waals surface area contributed by atoms with Gasteiger partial charge in [0.2, 0.25) is 15.2 Å². The van der Waals surface area contributed by atoms with E-state index in [0.29, 0.717) is 10.1 Å². The van der Waals surface area contributed by atoms with Gasteiger partial charge in [-0.05, 0) is 6.92 Å². The van der Waals surface area contributed by atoms with Crippen LogP contribution in [0.3, 0.4) is 0 Å². The van der Waals surface area contributed by atoms with E-state index >= 15 is 0 Å². The predicted octanol–water partition coefficient (Wildman–Crippen LogP) is -0.660. The molecular weight excluding hydrogens is 212 g/mol. The largest absolute Gasteiger partial charge is 0.374 e. The smallest absolute Gasteiger partial charge is 0.212 e. The monoisotopic (exact) mass is 222 g/mol. The molecule has 1 atom stereocenters. The Morgan fingerprint density at radius 1 is 1.54 bits per heavy atom. The van der Waals surface area contributed by atoms with Gasteiger partial charge in [-0.2, -0.15) is 0 Å². The second-order valence-electron chi connectivity index (χ2n) is 2.64. The molecule has 0 aliphatic carbocycles. The summed E-state index contributed by atoms with van der Waals surface area (Å²) in [7, 11) is -3.49. The van der Waals surface area contributed by atoms with Gasteiger partial charge in [0.1, 0.15) is 5.01 Å². The number of aromatic nitrogens is 2. The first-order chi connectivity index (χ1) is 5.89. The highest BCUT2D eigenvalue weighted by molar-refractivity contribution is 7.89. The second kappa shape index (κ2) is 3.56. The van der Waals surface area contributed by atoms with Crippen LogP contribution in [0, 0.1) is 0 Å². The molecule has 1 rings (SSSR count). The molecule has 13 heavy (non-hydrogen) atoms. The molecule has 0 aromatic carbocycles. The van der Waals surface area contributed by atoms with E-state index in [-0.39, 0.29) is 6.42 Å². The van der Waals surface area contributed by atoms with Crippen molar-refractivity contribution in [2.75, 3.05) is 5.73 Å². The Morgan fingerprint density at radius 3 is 2.54 bits per heavy atom. The van der Waals surface area contributed by atoms with Gasteiger partial charge in [-0.15, -0.1) is 10.2 Å². The van der Waals surface area contributed by atoms with Crippen LogP contribution in [0.2, 0.25) is 0 Å². The molecule has 0 saturated heterocycles. The lowest BCUT2D eigenvalue weighted by atomic mass is 10.3. The molecule has 0 radical (unpaired) electrons. The van der Waals surface area contributed by atoms with Crippen molar-refractivity contribution >= 4 is 26.5 Å². The van der Waals surface area contributed by atoms with E-state index in [1.165, 1.54) is 18.3 Å². The van der Waals surface area contributed by atoms with Crippen LogP contribution in [0.5, 0.6) is 0 Å². The fourth-order valence-corrected chi connectivity index (χ4v) is 1.94. The van der Waals surface area contributed by atoms with Crippen molar-refractivity contribution in [2.45, 2.75) is 18.6 Å². The molecule has 1 unspecified atom stereocenters. The van der Waals surface area contributed by atoms with Crippen molar-refractivity contribution in [1.29, 1.82) is 0 Å². The van der Waals surface area contributed by atoms with Gasteiger partial charge < -0.3 is 5.73 Å². The van der Waals surface area contributed by atoms with E-state index in [4.69, 9.17) is 10.9 Å². The molecule has 0 saturated carbocycles. The molecule has 0 bridgehead atoms. The Labute approximate surface area is 80.0 Å². The van der Waals surface area contributed by atoms with Crippen molar-refractivity contribution < 1.29 is 8.42 Å². The quantitative estimate of drug-likeness (QED) is 0.705. The normalized spacial score (nSPS) is 14.3. The summed E-state index contributed by atoms with van der Waals surface area (Å²) in [4.78, 5) is 0. The average molecular weight is 222 g/mol. The number of primary sulfonamides is 1. The number of hydrogen-bond acceptors (Lipinski definition) is 6. The summed E-state index contributed by atoms with van der Waals surface area (Å²) < 4.78 is 21.7. The van der Waals surface area contributed by atoms with Crippen LogP contribution in [-0.2, 0) is 16.4 Å². The van der Waals surface area contributed by atoms with Crippen LogP contribution in [-0.4, -0.2) is 23.9 Å². The van der Waals surface area contributed by atoms with Gasteiger partial charge in [-0.3, -0.25) is 0 Å². The van der Waals surface area contributed by atoms with Crippen LogP contribution >= 0.6 is 11.3 Å². The minimum Gasteiger partial charge on any atom is -0.374 e. The van der Waals surface area contributed by atoms with E-state index in [0.717, 1.165) is 0 Å². The van der Waals surface area contributed by atoms with Crippen molar-refractivity contribution in [2.24, 2.45) is 5.14 Å². The SMILES string of the molecule is CC(Cc1nnc(N)s1)S(N)(=O)=O. The molecule has 8 heteroatoms. The first-order valence-electron chi connectivity index (χ1n) is 3.49. The summed E-state index contributed by atoms with van der Waals surface area (Å²) in [5.41, 5.74) is 5.33. The maximum atomic E-state index is 10.8. The van der Waals surface area contributed by atoms with Crippen LogP contribution in [0.1, 0.15) is 11.9 Å². The lowest BCUT2D eigenvalue weighted by molar-refractivity contribution is 0.584. The molecule has 0 fully saturated rings. The van der Waals surface area contributed by atoms with Gasteiger partial charge in [-0.25, -0.2) is 13.6 Å². The molecule has 1 aromatic heterocycles. The summed E-state index contributed by atoms with van der Waals surface area (Å²) in [5, 5.41) is 12.4. The summed E-state index contributed by atoms with van der Waals surface area (Å²) in [6, 6.07) is 0. The highest BCUT2D eigenvalue weighted by atomic mass is 32.2. The second-order valence-corrected chi connectivity index (χ2v) is 5.71. The number of nitrogen functional groups attached to an aromatic ring is 1. The minimum atomic E-state index is -3.49. The van der Waals surface area contributed by atoms with Crippen LogP contribution in [0.25, 0.3) is 0 Å². The third-order valence-electron chi connectivity index (χ3n) is 1.51. The summed E-state index contributed by atoms with van der Waals surface area (Å²) in [6.45, 7) is 1.52. The number of hydrogen-bond donors (Lipinski definition) is 2. The summed E-state index contributed by atoms with van der Waals surface area (Å²) in [5.74, 6) is 0. The van der Waals surface area contributed by atoms with Crippen molar-refractivity contribution in [1.82, 2.24) is 10.2 Å². The van der Waals surface area contributed by atoms with Gasteiger partial charge in [0.05, 0.1) is 5.25 Å². The van der Waals surface area contributed by atoms with Crippen LogP contribution < -0.4 is 10.9 Å². The maximum Gasteiger partial charge on any atom is 0.212 e. The highest BCUT2D eigenvalue weighted by Crippen LogP contribution is 2.14. The van der Waals surface area contributed by atoms with Gasteiger partial charge in [0.25, 0.3) is 0 Å². The first-order valence-corrected chi connectivity index (χ1v) is 5.91. The molecule has 0 aliphatic heterocycles. The highest BCUT2D eigenvalue weighted by Gasteiger charge is 2.17. The number of nitrogens with two attached hydrogens (primary N) is 2. The third-order valence-corrected chi connectivity index (χ3v) is 3.57. The Kier molecular flexibility index (Phi) is 2.84. The summed E-state index contributed by atoms with van der Waals surface area (Å²) >= 11 is 1.17. The fraction of sp³-hybridized carbons (Fsp3) is 0.600. The molecule has 1 aromatic rings. The predicted molar refractivity (Wildman–Crippen MR) is 50.6 cm³/mol. The van der Waals surface area contributed by atoms with E-state index in [2.05, 4.69) is 10.2 Å². The van der Waals surface area contributed by atoms with Gasteiger partial charge in [0.15, 0.2) is 0 Å². The molecule has 0 amide bonds. The minimum absolute atomic E-state index is 0.258. The lowest BCUT2D eigenvalue weighted by Crippen LogP contribution is -2.27. The van der Waals surface area contributed by atoms with Gasteiger partial charge >= 0.3 is 0 Å². The van der Waals surface area contributed by atoms with Crippen molar-refractivity contribution in [3.05, 3.63) is 5.01 Å². The Morgan fingerprint density at radius 2 is 2.15 bits per heavy atom. The Hall–Kier alpha value is -0.730. The molecule has 0 aliphatic rings. The van der Waals surface area contributed by atoms with Crippen LogP contribution in [0.4, 0.5) is 5.13 Å². The number of anilines is 1. The molecule has 6 nitrogen and oxygen atoms in total. The Bertz CT molecular complexity index is 385. The Balaban J connectivity index is 2.71. The van der Waals surface area contributed by atoms with Gasteiger partial charge in [-0.1, -0.05) is 11.3 Å². The zero-order valence-corrected chi connectivity index (χ0v) is 8.60. The van der Waals surface area contributed by atoms with Crippen LogP contribution in [0.15, 0.2) is 0 Å². The fourth-order valence-electron chi connectivity index (χ4n) is 0.711. The summed E-state index contributed by atoms with van der Waals surface area (Å²) in [6.07, 6.45) is 0.258. The molecule has 0 spiro atoms. The van der Waals surface area contributed by atoms with Gasteiger partial charge in [0, 0.05) is 6.42 Å². The third kappa shape index (κ3) is 2.90. The van der Waals surface area contributed by atoms with Crippen molar-refractivity contribution in [3.63, 3.8) is 0 Å². The maximum absolute atomic E-state index is 10.8. The topological polar surface area (TPSA) is 112 Å². The lowest BCUT2D eigenvalue weighted by Gasteiger charge is -2.04. The van der Waals surface area contributed by atoms with E-state index in [1.54, 1.807) is 0 Å². The zero-order valence-electron chi connectivity index (χ0n) is 6.97. The first kappa shape index (κ1) is 10.4. The van der Waals surface area contributed by atoms with Crippen molar-refractivity contribution in [3.8, 4) is 0 Å². The standard InChI is InChI=1S/C5H10N4O2S2/c1-3(13(7,10)11)2-4-8-9-5(6)12-4/h3H,2H2,1H3,(H2,6,9)(H2,7,10,11). The number of sulfonamides is 1. The van der Waals surface area contributed by atoms with E-state index < -0.39 is 15.3 Å². The average Bonchev–Trinajstić information content (AvgIpc) is 2.33. The molecular formula is C5H10N4O2S2. The molecule has 1 heterocycles. The zero-order chi connectivity index (χ0) is 10.1. The number of nitrogens with zero attached hydrogens (tertiary/aromatic N) is 2. The van der Waals surface area contributed by atoms with E-state index in [9.17, 15) is 8.42 Å². The van der Waals surface area contributed by atoms with E-state index in [1.807, 2.05) is 0 Å². The molecule has 74 valence electrons. The number of rotatable bonds is 3. The molecule has 4 N–H and O–H groups in total.